The van der Waals surface area contributed by atoms with E-state index in [4.69, 9.17) is 21.8 Å². The van der Waals surface area contributed by atoms with Gasteiger partial charge < -0.3 is 19.9 Å². The third-order valence-electron chi connectivity index (χ3n) is 4.15. The number of carboxylic acids is 2. The predicted octanol–water partition coefficient (Wildman–Crippen LogP) is 3.75. The van der Waals surface area contributed by atoms with Gasteiger partial charge in [-0.1, -0.05) is 23.7 Å². The first-order valence-electron chi connectivity index (χ1n) is 8.05. The van der Waals surface area contributed by atoms with Crippen molar-refractivity contribution < 1.29 is 29.7 Å². The van der Waals surface area contributed by atoms with Gasteiger partial charge in [-0.2, -0.15) is 0 Å². The number of hydrogen-bond donors (Lipinski definition) is 3. The van der Waals surface area contributed by atoms with Crippen LogP contribution < -0.4 is 0 Å². The molecule has 0 saturated heterocycles. The van der Waals surface area contributed by atoms with E-state index < -0.39 is 23.5 Å². The standard InChI is InChI=1S/C20H14ClNO6/c21-13-5-6-16-14(7-13)15(17(23)8-18(24)20(27)28)10-22(16)9-11-1-3-12(4-2-11)19(25)26/h1-8,10,24H,9H2,(H,25,26)(H,27,28)/b18-8-. The summed E-state index contributed by atoms with van der Waals surface area (Å²) in [7, 11) is 0. The van der Waals surface area contributed by atoms with Crippen LogP contribution in [0.1, 0.15) is 26.3 Å². The van der Waals surface area contributed by atoms with Crippen molar-refractivity contribution in [2.24, 2.45) is 0 Å². The van der Waals surface area contributed by atoms with E-state index >= 15 is 0 Å². The first-order valence-corrected chi connectivity index (χ1v) is 8.43. The molecule has 142 valence electrons. The minimum Gasteiger partial charge on any atom is -0.502 e. The summed E-state index contributed by atoms with van der Waals surface area (Å²) < 4.78 is 1.76. The summed E-state index contributed by atoms with van der Waals surface area (Å²) in [6.07, 6.45) is 2.18. The van der Waals surface area contributed by atoms with Crippen LogP contribution in [0.25, 0.3) is 10.9 Å². The molecular formula is C20H14ClNO6. The third-order valence-corrected chi connectivity index (χ3v) is 4.38. The molecule has 3 N–H and O–H groups in total. The Hall–Kier alpha value is -3.58. The number of carbonyl (C=O) groups is 3. The van der Waals surface area contributed by atoms with Crippen molar-refractivity contribution in [1.82, 2.24) is 4.57 Å². The predicted molar refractivity (Wildman–Crippen MR) is 102 cm³/mol. The SMILES string of the molecule is O=C(O)/C(O)=C/C(=O)c1cn(Cc2ccc(C(=O)O)cc2)c2ccc(Cl)cc12. The van der Waals surface area contributed by atoms with Gasteiger partial charge in [-0.25, -0.2) is 9.59 Å². The number of benzene rings is 2. The number of hydrogen-bond acceptors (Lipinski definition) is 4. The zero-order valence-electron chi connectivity index (χ0n) is 14.3. The van der Waals surface area contributed by atoms with Crippen LogP contribution in [0.5, 0.6) is 0 Å². The minimum absolute atomic E-state index is 0.165. The number of aliphatic hydroxyl groups excluding tert-OH is 1. The van der Waals surface area contributed by atoms with Crippen LogP contribution in [0, 0.1) is 0 Å². The third kappa shape index (κ3) is 3.89. The van der Waals surface area contributed by atoms with Crippen LogP contribution in [0.15, 0.2) is 60.5 Å². The van der Waals surface area contributed by atoms with Crippen molar-refractivity contribution in [2.45, 2.75) is 6.54 Å². The lowest BCUT2D eigenvalue weighted by Gasteiger charge is -2.06. The van der Waals surface area contributed by atoms with Crippen LogP contribution >= 0.6 is 11.6 Å². The topological polar surface area (TPSA) is 117 Å². The lowest BCUT2D eigenvalue weighted by molar-refractivity contribution is -0.135. The fraction of sp³-hybridized carbons (Fsp3) is 0.0500. The minimum atomic E-state index is -1.60. The van der Waals surface area contributed by atoms with Crippen molar-refractivity contribution in [3.8, 4) is 0 Å². The Morgan fingerprint density at radius 3 is 2.29 bits per heavy atom. The Morgan fingerprint density at radius 2 is 1.68 bits per heavy atom. The average molecular weight is 400 g/mol. The van der Waals surface area contributed by atoms with E-state index in [0.717, 1.165) is 5.56 Å². The van der Waals surface area contributed by atoms with Crippen LogP contribution in [0.4, 0.5) is 0 Å². The lowest BCUT2D eigenvalue weighted by Crippen LogP contribution is -2.04. The fourth-order valence-corrected chi connectivity index (χ4v) is 2.98. The van der Waals surface area contributed by atoms with Gasteiger partial charge in [0, 0.05) is 40.3 Å². The molecule has 1 heterocycles. The Morgan fingerprint density at radius 1 is 1.00 bits per heavy atom. The number of aromatic nitrogens is 1. The smallest absolute Gasteiger partial charge is 0.371 e. The maximum atomic E-state index is 12.4. The van der Waals surface area contributed by atoms with Gasteiger partial charge in [-0.15, -0.1) is 0 Å². The number of aliphatic carboxylic acids is 1. The summed E-state index contributed by atoms with van der Waals surface area (Å²) >= 11 is 6.03. The quantitative estimate of drug-likeness (QED) is 0.330. The molecule has 28 heavy (non-hydrogen) atoms. The Balaban J connectivity index is 2.04. The van der Waals surface area contributed by atoms with Gasteiger partial charge in [0.25, 0.3) is 0 Å². The molecule has 0 aliphatic heterocycles. The summed E-state index contributed by atoms with van der Waals surface area (Å²) in [6, 6.07) is 11.3. The second kappa shape index (κ2) is 7.58. The first-order chi connectivity index (χ1) is 13.3. The van der Waals surface area contributed by atoms with Crippen LogP contribution in [0.2, 0.25) is 5.02 Å². The van der Waals surface area contributed by atoms with Crippen LogP contribution in [-0.4, -0.2) is 37.6 Å². The molecule has 1 aromatic heterocycles. The van der Waals surface area contributed by atoms with Crippen molar-refractivity contribution in [3.63, 3.8) is 0 Å². The van der Waals surface area contributed by atoms with E-state index in [9.17, 15) is 19.5 Å². The Bertz CT molecular complexity index is 1130. The number of aliphatic hydroxyl groups is 1. The zero-order valence-corrected chi connectivity index (χ0v) is 15.1. The molecule has 0 unspecified atom stereocenters. The number of allylic oxidation sites excluding steroid dienone is 1. The zero-order chi connectivity index (χ0) is 20.4. The normalized spacial score (nSPS) is 11.5. The van der Waals surface area contributed by atoms with Crippen LogP contribution in [-0.2, 0) is 11.3 Å². The molecule has 0 atom stereocenters. The highest BCUT2D eigenvalue weighted by atomic mass is 35.5. The van der Waals surface area contributed by atoms with Gasteiger partial charge in [-0.3, -0.25) is 4.79 Å². The highest BCUT2D eigenvalue weighted by molar-refractivity contribution is 6.31. The molecular weight excluding hydrogens is 386 g/mol. The molecule has 0 aliphatic carbocycles. The van der Waals surface area contributed by atoms with Gasteiger partial charge in [0.1, 0.15) is 0 Å². The number of nitrogens with zero attached hydrogens (tertiary/aromatic N) is 1. The highest BCUT2D eigenvalue weighted by Crippen LogP contribution is 2.27. The second-order valence-electron chi connectivity index (χ2n) is 6.03. The monoisotopic (exact) mass is 399 g/mol. The average Bonchev–Trinajstić information content (AvgIpc) is 2.99. The molecule has 7 nitrogen and oxygen atoms in total. The number of aromatic carboxylic acids is 1. The van der Waals surface area contributed by atoms with E-state index in [1.807, 2.05) is 0 Å². The van der Waals surface area contributed by atoms with Gasteiger partial charge in [-0.05, 0) is 35.9 Å². The van der Waals surface area contributed by atoms with Gasteiger partial charge in [0.15, 0.2) is 5.78 Å². The molecule has 0 saturated carbocycles. The summed E-state index contributed by atoms with van der Waals surface area (Å²) in [4.78, 5) is 34.2. The number of fused-ring (bicyclic) bond motifs is 1. The Labute approximate surface area is 163 Å². The molecule has 2 aromatic carbocycles. The summed E-state index contributed by atoms with van der Waals surface area (Å²) in [6.45, 7) is 0.347. The molecule has 0 bridgehead atoms. The molecule has 0 spiro atoms. The molecule has 0 amide bonds. The molecule has 8 heteroatoms. The number of carboxylic acid groups (broad SMARTS) is 2. The van der Waals surface area contributed by atoms with Crippen molar-refractivity contribution >= 4 is 40.2 Å². The largest absolute Gasteiger partial charge is 0.502 e. The molecule has 0 radical (unpaired) electrons. The number of carbonyl (C=O) groups excluding carboxylic acids is 1. The summed E-state index contributed by atoms with van der Waals surface area (Å²) in [5.74, 6) is -4.36. The molecule has 3 aromatic rings. The van der Waals surface area contributed by atoms with E-state index in [-0.39, 0.29) is 11.1 Å². The van der Waals surface area contributed by atoms with Crippen LogP contribution in [0.3, 0.4) is 0 Å². The maximum Gasteiger partial charge on any atom is 0.371 e. The lowest BCUT2D eigenvalue weighted by atomic mass is 10.1. The van der Waals surface area contributed by atoms with Gasteiger partial charge in [0.2, 0.25) is 5.76 Å². The van der Waals surface area contributed by atoms with Gasteiger partial charge >= 0.3 is 11.9 Å². The van der Waals surface area contributed by atoms with E-state index in [0.29, 0.717) is 28.5 Å². The first kappa shape index (κ1) is 19.2. The molecule has 0 aliphatic rings. The Kier molecular flexibility index (Phi) is 5.19. The van der Waals surface area contributed by atoms with E-state index in [1.54, 1.807) is 41.1 Å². The summed E-state index contributed by atoms with van der Waals surface area (Å²) in [5.41, 5.74) is 1.84. The maximum absolute atomic E-state index is 12.4. The van der Waals surface area contributed by atoms with E-state index in [2.05, 4.69) is 0 Å². The van der Waals surface area contributed by atoms with Crippen molar-refractivity contribution in [3.05, 3.63) is 82.2 Å². The molecule has 0 fully saturated rings. The second-order valence-corrected chi connectivity index (χ2v) is 6.47. The number of halogens is 1. The number of ketones is 1. The summed E-state index contributed by atoms with van der Waals surface area (Å²) in [5, 5.41) is 28.0. The molecule has 3 rings (SSSR count). The van der Waals surface area contributed by atoms with E-state index in [1.165, 1.54) is 12.1 Å². The fourth-order valence-electron chi connectivity index (χ4n) is 2.81. The highest BCUT2D eigenvalue weighted by Gasteiger charge is 2.17. The van der Waals surface area contributed by atoms with Gasteiger partial charge in [0.05, 0.1) is 5.56 Å². The van der Waals surface area contributed by atoms with Crippen molar-refractivity contribution in [1.29, 1.82) is 0 Å². The number of rotatable bonds is 6. The van der Waals surface area contributed by atoms with Crippen molar-refractivity contribution in [2.75, 3.05) is 0 Å².